The first kappa shape index (κ1) is 7.10. The highest BCUT2D eigenvalue weighted by Gasteiger charge is 2.21. The van der Waals surface area contributed by atoms with Gasteiger partial charge in [0.25, 0.3) is 0 Å². The Kier molecular flexibility index (Phi) is 1.82. The largest absolute Gasteiger partial charge is 0.505 e. The van der Waals surface area contributed by atoms with Gasteiger partial charge in [-0.05, 0) is 24.4 Å². The van der Waals surface area contributed by atoms with E-state index in [2.05, 4.69) is 4.37 Å². The highest BCUT2D eigenvalue weighted by atomic mass is 32.1. The Labute approximate surface area is 70.0 Å². The fourth-order valence-electron chi connectivity index (χ4n) is 1.72. The second-order valence-corrected chi connectivity index (χ2v) is 3.70. The molecule has 0 unspecified atom stereocenters. The molecule has 1 N–H and O–H groups in total. The van der Waals surface area contributed by atoms with Crippen molar-refractivity contribution in [1.29, 1.82) is 0 Å². The number of aromatic hydroxyl groups is 1. The molecule has 1 saturated carbocycles. The van der Waals surface area contributed by atoms with Crippen LogP contribution in [0.25, 0.3) is 0 Å². The summed E-state index contributed by atoms with van der Waals surface area (Å²) in [6.45, 7) is 0. The molecule has 2 rings (SSSR count). The first-order valence-corrected chi connectivity index (χ1v) is 4.85. The molecular weight excluding hydrogens is 158 g/mol. The van der Waals surface area contributed by atoms with Crippen LogP contribution in [-0.4, -0.2) is 9.48 Å². The van der Waals surface area contributed by atoms with Gasteiger partial charge in [-0.2, -0.15) is 4.37 Å². The first-order valence-electron chi connectivity index (χ1n) is 4.01. The highest BCUT2D eigenvalue weighted by Crippen LogP contribution is 2.37. The Bertz CT molecular complexity index is 240. The van der Waals surface area contributed by atoms with E-state index in [0.29, 0.717) is 11.7 Å². The van der Waals surface area contributed by atoms with Gasteiger partial charge in [-0.3, -0.25) is 0 Å². The number of nitrogens with zero attached hydrogens (tertiary/aromatic N) is 1. The normalized spacial score (nSPS) is 19.3. The number of hydrogen-bond donors (Lipinski definition) is 1. The van der Waals surface area contributed by atoms with Crippen molar-refractivity contribution >= 4 is 11.5 Å². The number of hydrogen-bond acceptors (Lipinski definition) is 3. The first-order chi connectivity index (χ1) is 5.38. The third-order valence-electron chi connectivity index (χ3n) is 2.32. The zero-order chi connectivity index (χ0) is 7.68. The van der Waals surface area contributed by atoms with Crippen LogP contribution in [0.4, 0.5) is 0 Å². The van der Waals surface area contributed by atoms with E-state index in [1.54, 1.807) is 5.38 Å². The van der Waals surface area contributed by atoms with Crippen molar-refractivity contribution < 1.29 is 5.11 Å². The van der Waals surface area contributed by atoms with Crippen LogP contribution in [0.5, 0.6) is 5.75 Å². The molecule has 0 radical (unpaired) electrons. The SMILES string of the molecule is Oc1csnc1C1CCCC1. The summed E-state index contributed by atoms with van der Waals surface area (Å²) in [5.74, 6) is 0.947. The van der Waals surface area contributed by atoms with E-state index in [0.717, 1.165) is 5.69 Å². The maximum Gasteiger partial charge on any atom is 0.149 e. The molecule has 1 aromatic heterocycles. The molecule has 0 aromatic carbocycles. The smallest absolute Gasteiger partial charge is 0.149 e. The molecule has 0 spiro atoms. The van der Waals surface area contributed by atoms with Crippen molar-refractivity contribution in [1.82, 2.24) is 4.37 Å². The highest BCUT2D eigenvalue weighted by molar-refractivity contribution is 7.03. The maximum atomic E-state index is 9.36. The molecule has 1 aliphatic carbocycles. The second-order valence-electron chi connectivity index (χ2n) is 3.07. The summed E-state index contributed by atoms with van der Waals surface area (Å²) in [7, 11) is 0. The van der Waals surface area contributed by atoms with Crippen LogP contribution >= 0.6 is 11.5 Å². The van der Waals surface area contributed by atoms with Crippen LogP contribution in [0, 0.1) is 0 Å². The number of rotatable bonds is 1. The van der Waals surface area contributed by atoms with Gasteiger partial charge < -0.3 is 5.11 Å². The van der Waals surface area contributed by atoms with E-state index in [1.165, 1.54) is 37.2 Å². The standard InChI is InChI=1S/C8H11NOS/c10-7-5-11-9-8(7)6-3-1-2-4-6/h5-6,10H,1-4H2. The summed E-state index contributed by atoms with van der Waals surface area (Å²) in [6.07, 6.45) is 5.00. The maximum absolute atomic E-state index is 9.36. The van der Waals surface area contributed by atoms with Crippen molar-refractivity contribution in [2.75, 3.05) is 0 Å². The Balaban J connectivity index is 2.21. The average Bonchev–Trinajstić information content (AvgIpc) is 2.55. The van der Waals surface area contributed by atoms with Crippen LogP contribution in [0.2, 0.25) is 0 Å². The van der Waals surface area contributed by atoms with Crippen LogP contribution in [0.3, 0.4) is 0 Å². The molecule has 2 nitrogen and oxygen atoms in total. The van der Waals surface area contributed by atoms with Crippen molar-refractivity contribution in [2.24, 2.45) is 0 Å². The molecule has 1 aromatic rings. The summed E-state index contributed by atoms with van der Waals surface area (Å²) >= 11 is 1.35. The lowest BCUT2D eigenvalue weighted by molar-refractivity contribution is 0.461. The fourth-order valence-corrected chi connectivity index (χ4v) is 2.35. The average molecular weight is 169 g/mol. The van der Waals surface area contributed by atoms with Crippen molar-refractivity contribution in [2.45, 2.75) is 31.6 Å². The summed E-state index contributed by atoms with van der Waals surface area (Å²) in [5.41, 5.74) is 0.938. The molecule has 60 valence electrons. The Hall–Kier alpha value is -0.570. The Morgan fingerprint density at radius 3 is 2.73 bits per heavy atom. The third-order valence-corrected chi connectivity index (χ3v) is 2.95. The van der Waals surface area contributed by atoms with Crippen LogP contribution < -0.4 is 0 Å². The lowest BCUT2D eigenvalue weighted by Gasteiger charge is -2.03. The molecule has 0 amide bonds. The molecule has 1 aliphatic rings. The van der Waals surface area contributed by atoms with Gasteiger partial charge in [-0.1, -0.05) is 12.8 Å². The molecule has 0 bridgehead atoms. The van der Waals surface area contributed by atoms with Gasteiger partial charge in [0, 0.05) is 5.92 Å². The van der Waals surface area contributed by atoms with Crippen LogP contribution in [-0.2, 0) is 0 Å². The van der Waals surface area contributed by atoms with Gasteiger partial charge in [0.1, 0.15) is 5.75 Å². The summed E-state index contributed by atoms with van der Waals surface area (Å²) in [6, 6.07) is 0. The van der Waals surface area contributed by atoms with Crippen molar-refractivity contribution in [3.05, 3.63) is 11.1 Å². The molecule has 1 fully saturated rings. The molecule has 1 heterocycles. The van der Waals surface area contributed by atoms with Gasteiger partial charge >= 0.3 is 0 Å². The zero-order valence-corrected chi connectivity index (χ0v) is 7.10. The van der Waals surface area contributed by atoms with Gasteiger partial charge in [0.05, 0.1) is 11.1 Å². The minimum atomic E-state index is 0.405. The summed E-state index contributed by atoms with van der Waals surface area (Å²) in [5, 5.41) is 11.1. The number of aromatic nitrogens is 1. The Morgan fingerprint density at radius 2 is 2.18 bits per heavy atom. The molecule has 3 heteroatoms. The van der Waals surface area contributed by atoms with Gasteiger partial charge in [0.15, 0.2) is 0 Å². The quantitative estimate of drug-likeness (QED) is 0.700. The molecule has 0 aliphatic heterocycles. The molecule has 11 heavy (non-hydrogen) atoms. The van der Waals surface area contributed by atoms with E-state index in [-0.39, 0.29) is 0 Å². The fraction of sp³-hybridized carbons (Fsp3) is 0.625. The molecule has 0 saturated heterocycles. The predicted molar refractivity (Wildman–Crippen MR) is 45.0 cm³/mol. The lowest BCUT2D eigenvalue weighted by atomic mass is 10.0. The Morgan fingerprint density at radius 1 is 1.45 bits per heavy atom. The predicted octanol–water partition coefficient (Wildman–Crippen LogP) is 2.51. The van der Waals surface area contributed by atoms with E-state index in [1.807, 2.05) is 0 Å². The lowest BCUT2D eigenvalue weighted by Crippen LogP contribution is -1.91. The van der Waals surface area contributed by atoms with Gasteiger partial charge in [-0.15, -0.1) is 0 Å². The van der Waals surface area contributed by atoms with E-state index < -0.39 is 0 Å². The minimum absolute atomic E-state index is 0.405. The van der Waals surface area contributed by atoms with Crippen LogP contribution in [0.1, 0.15) is 37.3 Å². The van der Waals surface area contributed by atoms with Gasteiger partial charge in [-0.25, -0.2) is 0 Å². The van der Waals surface area contributed by atoms with E-state index in [9.17, 15) is 5.11 Å². The molecular formula is C8H11NOS. The van der Waals surface area contributed by atoms with Gasteiger partial charge in [0.2, 0.25) is 0 Å². The second kappa shape index (κ2) is 2.81. The van der Waals surface area contributed by atoms with Crippen molar-refractivity contribution in [3.63, 3.8) is 0 Å². The van der Waals surface area contributed by atoms with Crippen LogP contribution in [0.15, 0.2) is 5.38 Å². The monoisotopic (exact) mass is 169 g/mol. The molecule has 0 atom stereocenters. The summed E-state index contributed by atoms with van der Waals surface area (Å²) in [4.78, 5) is 0. The third kappa shape index (κ3) is 1.25. The zero-order valence-electron chi connectivity index (χ0n) is 6.29. The topological polar surface area (TPSA) is 33.1 Å². The summed E-state index contributed by atoms with van der Waals surface area (Å²) < 4.78 is 4.19. The van der Waals surface area contributed by atoms with Crippen molar-refractivity contribution in [3.8, 4) is 5.75 Å². The minimum Gasteiger partial charge on any atom is -0.505 e. The van der Waals surface area contributed by atoms with E-state index in [4.69, 9.17) is 0 Å². The van der Waals surface area contributed by atoms with E-state index >= 15 is 0 Å².